The van der Waals surface area contributed by atoms with Crippen LogP contribution in [0.15, 0.2) is 0 Å². The maximum absolute atomic E-state index is 12.2. The van der Waals surface area contributed by atoms with Crippen molar-refractivity contribution in [1.29, 1.82) is 0 Å². The van der Waals surface area contributed by atoms with Crippen LogP contribution in [-0.2, 0) is 4.79 Å². The molecule has 0 aromatic rings. The smallest absolute Gasteiger partial charge is 0.240 e. The molecule has 16 heavy (non-hydrogen) atoms. The average Bonchev–Trinajstić information content (AvgIpc) is 2.54. The topological polar surface area (TPSA) is 35.6 Å². The van der Waals surface area contributed by atoms with E-state index >= 15 is 0 Å². The van der Waals surface area contributed by atoms with Crippen LogP contribution in [0, 0.1) is 0 Å². The highest BCUT2D eigenvalue weighted by Gasteiger charge is 2.26. The van der Waals surface area contributed by atoms with Crippen molar-refractivity contribution in [3.05, 3.63) is 0 Å². The fourth-order valence-electron chi connectivity index (χ4n) is 2.21. The van der Waals surface area contributed by atoms with Gasteiger partial charge >= 0.3 is 0 Å². The first-order valence-corrected chi connectivity index (χ1v) is 7.21. The fourth-order valence-corrected chi connectivity index (χ4v) is 3.14. The van der Waals surface area contributed by atoms with Crippen LogP contribution in [0.5, 0.6) is 0 Å². The number of nitrogens with one attached hydrogen (secondary N) is 1. The summed E-state index contributed by atoms with van der Waals surface area (Å²) in [6, 6.07) is 0.0576. The van der Waals surface area contributed by atoms with Crippen molar-refractivity contribution in [2.45, 2.75) is 12.5 Å². The molecule has 0 spiro atoms. The predicted molar refractivity (Wildman–Crippen MR) is 67.8 cm³/mol. The Labute approximate surface area is 102 Å². The van der Waals surface area contributed by atoms with Gasteiger partial charge in [0.15, 0.2) is 0 Å². The number of rotatable bonds is 1. The number of carbonyl (C=O) groups excluding carboxylic acids is 1. The van der Waals surface area contributed by atoms with Gasteiger partial charge in [-0.1, -0.05) is 0 Å². The van der Waals surface area contributed by atoms with Gasteiger partial charge in [-0.2, -0.15) is 11.8 Å². The molecule has 4 nitrogen and oxygen atoms in total. The Hall–Kier alpha value is -0.260. The third kappa shape index (κ3) is 3.12. The van der Waals surface area contributed by atoms with Crippen LogP contribution in [-0.4, -0.2) is 73.0 Å². The molecule has 2 heterocycles. The molecule has 0 aromatic heterocycles. The lowest BCUT2D eigenvalue weighted by atomic mass is 10.2. The Morgan fingerprint density at radius 1 is 1.31 bits per heavy atom. The minimum atomic E-state index is 0.0576. The van der Waals surface area contributed by atoms with E-state index in [2.05, 4.69) is 17.3 Å². The van der Waals surface area contributed by atoms with Gasteiger partial charge < -0.3 is 15.1 Å². The Balaban J connectivity index is 1.87. The van der Waals surface area contributed by atoms with E-state index in [0.717, 1.165) is 50.7 Å². The van der Waals surface area contributed by atoms with Crippen LogP contribution < -0.4 is 5.32 Å². The zero-order chi connectivity index (χ0) is 11.4. The molecule has 1 N–H and O–H groups in total. The van der Waals surface area contributed by atoms with E-state index < -0.39 is 0 Å². The Bertz CT molecular complexity index is 243. The molecule has 0 saturated carbocycles. The summed E-state index contributed by atoms with van der Waals surface area (Å²) in [5, 5.41) is 3.32. The van der Waals surface area contributed by atoms with E-state index in [9.17, 15) is 4.79 Å². The molecule has 0 aromatic carbocycles. The zero-order valence-corrected chi connectivity index (χ0v) is 10.8. The van der Waals surface area contributed by atoms with Gasteiger partial charge in [0.25, 0.3) is 0 Å². The normalized spacial score (nSPS) is 28.8. The van der Waals surface area contributed by atoms with Crippen molar-refractivity contribution in [2.75, 3.05) is 51.3 Å². The molecule has 5 heteroatoms. The molecule has 1 amide bonds. The summed E-state index contributed by atoms with van der Waals surface area (Å²) in [7, 11) is 2.13. The van der Waals surface area contributed by atoms with Gasteiger partial charge in [0.1, 0.15) is 0 Å². The standard InChI is InChI=1S/C11H21N3OS/c1-13-4-2-5-14(7-6-13)11(15)10-9-16-8-3-12-10/h10,12H,2-9H2,1H3. The molecule has 1 atom stereocenters. The van der Waals surface area contributed by atoms with Crippen LogP contribution in [0.4, 0.5) is 0 Å². The highest BCUT2D eigenvalue weighted by atomic mass is 32.2. The fraction of sp³-hybridized carbons (Fsp3) is 0.909. The quantitative estimate of drug-likeness (QED) is 0.695. The Morgan fingerprint density at radius 3 is 2.94 bits per heavy atom. The maximum Gasteiger partial charge on any atom is 0.240 e. The maximum atomic E-state index is 12.2. The van der Waals surface area contributed by atoms with Crippen LogP contribution in [0.2, 0.25) is 0 Å². The summed E-state index contributed by atoms with van der Waals surface area (Å²) in [6.45, 7) is 4.89. The van der Waals surface area contributed by atoms with E-state index in [1.165, 1.54) is 0 Å². The number of amides is 1. The molecular formula is C11H21N3OS. The lowest BCUT2D eigenvalue weighted by Crippen LogP contribution is -2.51. The van der Waals surface area contributed by atoms with E-state index in [1.54, 1.807) is 0 Å². The van der Waals surface area contributed by atoms with Gasteiger partial charge in [0.2, 0.25) is 5.91 Å². The van der Waals surface area contributed by atoms with Crippen LogP contribution in [0.1, 0.15) is 6.42 Å². The molecular weight excluding hydrogens is 222 g/mol. The molecule has 0 aliphatic carbocycles. The van der Waals surface area contributed by atoms with E-state index in [1.807, 2.05) is 16.7 Å². The largest absolute Gasteiger partial charge is 0.340 e. The molecule has 0 bridgehead atoms. The number of hydrogen-bond acceptors (Lipinski definition) is 4. The minimum Gasteiger partial charge on any atom is -0.340 e. The van der Waals surface area contributed by atoms with Crippen molar-refractivity contribution in [3.63, 3.8) is 0 Å². The van der Waals surface area contributed by atoms with Gasteiger partial charge in [-0.05, 0) is 20.0 Å². The minimum absolute atomic E-state index is 0.0576. The first kappa shape index (κ1) is 12.2. The van der Waals surface area contributed by atoms with E-state index in [-0.39, 0.29) is 6.04 Å². The van der Waals surface area contributed by atoms with Crippen molar-refractivity contribution < 1.29 is 4.79 Å². The second-order valence-electron chi connectivity index (χ2n) is 4.56. The molecule has 2 aliphatic heterocycles. The second-order valence-corrected chi connectivity index (χ2v) is 5.71. The Kier molecular flexibility index (Phi) is 4.49. The molecule has 2 fully saturated rings. The molecule has 0 radical (unpaired) electrons. The summed E-state index contributed by atoms with van der Waals surface area (Å²) >= 11 is 1.88. The lowest BCUT2D eigenvalue weighted by Gasteiger charge is -2.28. The van der Waals surface area contributed by atoms with Crippen molar-refractivity contribution >= 4 is 17.7 Å². The van der Waals surface area contributed by atoms with Gasteiger partial charge in [-0.15, -0.1) is 0 Å². The molecule has 92 valence electrons. The molecule has 2 aliphatic rings. The summed E-state index contributed by atoms with van der Waals surface area (Å²) in [4.78, 5) is 16.6. The summed E-state index contributed by atoms with van der Waals surface area (Å²) in [6.07, 6.45) is 1.10. The van der Waals surface area contributed by atoms with Crippen molar-refractivity contribution in [1.82, 2.24) is 15.1 Å². The third-order valence-corrected chi connectivity index (χ3v) is 4.31. The van der Waals surface area contributed by atoms with E-state index in [4.69, 9.17) is 0 Å². The molecule has 2 saturated heterocycles. The van der Waals surface area contributed by atoms with Gasteiger partial charge in [-0.3, -0.25) is 4.79 Å². The summed E-state index contributed by atoms with van der Waals surface area (Å²) in [5.74, 6) is 2.38. The predicted octanol–water partition coefficient (Wildman–Crippen LogP) is -0.144. The third-order valence-electron chi connectivity index (χ3n) is 3.25. The van der Waals surface area contributed by atoms with Gasteiger partial charge in [0.05, 0.1) is 6.04 Å². The van der Waals surface area contributed by atoms with Crippen LogP contribution >= 0.6 is 11.8 Å². The number of carbonyl (C=O) groups is 1. The zero-order valence-electron chi connectivity index (χ0n) is 9.95. The van der Waals surface area contributed by atoms with Crippen LogP contribution in [0.25, 0.3) is 0 Å². The number of hydrogen-bond donors (Lipinski definition) is 1. The van der Waals surface area contributed by atoms with Crippen LogP contribution in [0.3, 0.4) is 0 Å². The highest BCUT2D eigenvalue weighted by molar-refractivity contribution is 7.99. The highest BCUT2D eigenvalue weighted by Crippen LogP contribution is 2.11. The van der Waals surface area contributed by atoms with Gasteiger partial charge in [0, 0.05) is 37.7 Å². The lowest BCUT2D eigenvalue weighted by molar-refractivity contribution is -0.132. The Morgan fingerprint density at radius 2 is 2.19 bits per heavy atom. The summed E-state index contributed by atoms with van der Waals surface area (Å²) < 4.78 is 0. The number of nitrogens with zero attached hydrogens (tertiary/aromatic N) is 2. The molecule has 2 rings (SSSR count). The van der Waals surface area contributed by atoms with Crippen molar-refractivity contribution in [2.24, 2.45) is 0 Å². The van der Waals surface area contributed by atoms with Gasteiger partial charge in [-0.25, -0.2) is 0 Å². The van der Waals surface area contributed by atoms with E-state index in [0.29, 0.717) is 5.91 Å². The number of likely N-dealkylation sites (N-methyl/N-ethyl adjacent to an activating group) is 1. The first-order valence-electron chi connectivity index (χ1n) is 6.06. The first-order chi connectivity index (χ1) is 7.77. The summed E-state index contributed by atoms with van der Waals surface area (Å²) in [5.41, 5.74) is 0. The molecule has 1 unspecified atom stereocenters. The monoisotopic (exact) mass is 243 g/mol. The number of thioether (sulfide) groups is 1. The SMILES string of the molecule is CN1CCCN(C(=O)C2CSCCN2)CC1. The van der Waals surface area contributed by atoms with Crippen molar-refractivity contribution in [3.8, 4) is 0 Å². The second kappa shape index (κ2) is 5.89. The average molecular weight is 243 g/mol.